The molecule has 0 aliphatic rings. The van der Waals surface area contributed by atoms with Crippen molar-refractivity contribution in [3.8, 4) is 5.75 Å². The minimum absolute atomic E-state index is 0.0835. The summed E-state index contributed by atoms with van der Waals surface area (Å²) in [6.45, 7) is 7.97. The highest BCUT2D eigenvalue weighted by Gasteiger charge is 2.18. The highest BCUT2D eigenvalue weighted by molar-refractivity contribution is 5.37. The van der Waals surface area contributed by atoms with E-state index in [0.29, 0.717) is 6.42 Å². The maximum atomic E-state index is 10.6. The highest BCUT2D eigenvalue weighted by Crippen LogP contribution is 2.29. The number of aliphatic hydroxyl groups excluding tert-OH is 1. The first kappa shape index (κ1) is 15.6. The lowest BCUT2D eigenvalue weighted by Crippen LogP contribution is -2.11. The summed E-state index contributed by atoms with van der Waals surface area (Å²) in [4.78, 5) is 0. The van der Waals surface area contributed by atoms with Crippen LogP contribution in [-0.4, -0.2) is 21.0 Å². The smallest absolute Gasteiger partial charge is 0.125 e. The predicted octanol–water partition coefficient (Wildman–Crippen LogP) is 3.10. The summed E-state index contributed by atoms with van der Waals surface area (Å²) >= 11 is 0. The zero-order chi connectivity index (χ0) is 15.6. The Morgan fingerprint density at radius 2 is 1.90 bits per heavy atom. The van der Waals surface area contributed by atoms with Gasteiger partial charge in [0, 0.05) is 24.7 Å². The Labute approximate surface area is 126 Å². The highest BCUT2D eigenvalue weighted by atomic mass is 16.5. The predicted molar refractivity (Wildman–Crippen MR) is 83.6 cm³/mol. The summed E-state index contributed by atoms with van der Waals surface area (Å²) in [7, 11) is 1.92. The van der Waals surface area contributed by atoms with Crippen LogP contribution in [0.2, 0.25) is 0 Å². The molecular weight excluding hydrogens is 264 g/mol. The molecule has 114 valence electrons. The maximum Gasteiger partial charge on any atom is 0.125 e. The Bertz CT molecular complexity index is 617. The van der Waals surface area contributed by atoms with Crippen molar-refractivity contribution < 1.29 is 9.84 Å². The van der Waals surface area contributed by atoms with Gasteiger partial charge in [-0.05, 0) is 39.3 Å². The Morgan fingerprint density at radius 1 is 1.24 bits per heavy atom. The van der Waals surface area contributed by atoms with Crippen LogP contribution in [-0.2, 0) is 13.5 Å². The summed E-state index contributed by atoms with van der Waals surface area (Å²) in [5.74, 6) is 0.749. The molecule has 2 rings (SSSR count). The van der Waals surface area contributed by atoms with E-state index in [0.717, 1.165) is 28.3 Å². The Hall–Kier alpha value is -1.81. The molecule has 0 fully saturated rings. The first-order chi connectivity index (χ1) is 9.90. The SMILES string of the molecule is Cc1nn(C)c(C)c1CC(O)c1ccccc1OC(C)C. The molecule has 0 bridgehead atoms. The molecule has 2 aromatic rings. The van der Waals surface area contributed by atoms with Crippen molar-refractivity contribution in [2.45, 2.75) is 46.3 Å². The Balaban J connectivity index is 2.26. The first-order valence-corrected chi connectivity index (χ1v) is 7.32. The van der Waals surface area contributed by atoms with E-state index >= 15 is 0 Å². The van der Waals surface area contributed by atoms with Crippen molar-refractivity contribution >= 4 is 0 Å². The van der Waals surface area contributed by atoms with E-state index in [2.05, 4.69) is 5.10 Å². The molecular formula is C17H24N2O2. The molecule has 4 heteroatoms. The van der Waals surface area contributed by atoms with Crippen molar-refractivity contribution in [3.63, 3.8) is 0 Å². The zero-order valence-electron chi connectivity index (χ0n) is 13.4. The lowest BCUT2D eigenvalue weighted by molar-refractivity contribution is 0.165. The molecule has 1 aromatic heterocycles. The fourth-order valence-corrected chi connectivity index (χ4v) is 2.53. The summed E-state index contributed by atoms with van der Waals surface area (Å²) in [6.07, 6.45) is 0.0334. The summed E-state index contributed by atoms with van der Waals surface area (Å²) in [6, 6.07) is 7.67. The molecule has 4 nitrogen and oxygen atoms in total. The number of benzene rings is 1. The van der Waals surface area contributed by atoms with Crippen LogP contribution >= 0.6 is 0 Å². The lowest BCUT2D eigenvalue weighted by atomic mass is 9.99. The van der Waals surface area contributed by atoms with Crippen molar-refractivity contribution in [3.05, 3.63) is 46.8 Å². The first-order valence-electron chi connectivity index (χ1n) is 7.32. The number of rotatable bonds is 5. The van der Waals surface area contributed by atoms with Crippen molar-refractivity contribution in [1.82, 2.24) is 9.78 Å². The molecule has 1 N–H and O–H groups in total. The fraction of sp³-hybridized carbons (Fsp3) is 0.471. The number of aryl methyl sites for hydroxylation is 2. The molecule has 1 unspecified atom stereocenters. The van der Waals surface area contributed by atoms with Crippen LogP contribution < -0.4 is 4.74 Å². The second-order valence-corrected chi connectivity index (χ2v) is 5.70. The van der Waals surface area contributed by atoms with Gasteiger partial charge in [0.1, 0.15) is 5.75 Å². The van der Waals surface area contributed by atoms with Gasteiger partial charge in [-0.1, -0.05) is 18.2 Å². The number of aliphatic hydroxyl groups is 1. The molecule has 1 aromatic carbocycles. The van der Waals surface area contributed by atoms with Crippen LogP contribution in [0.3, 0.4) is 0 Å². The molecule has 21 heavy (non-hydrogen) atoms. The average molecular weight is 288 g/mol. The minimum Gasteiger partial charge on any atom is -0.491 e. The van der Waals surface area contributed by atoms with Gasteiger partial charge >= 0.3 is 0 Å². The summed E-state index contributed by atoms with van der Waals surface area (Å²) in [5, 5.41) is 15.0. The normalized spacial score (nSPS) is 12.7. The number of aromatic nitrogens is 2. The quantitative estimate of drug-likeness (QED) is 0.919. The monoisotopic (exact) mass is 288 g/mol. The van der Waals surface area contributed by atoms with Crippen LogP contribution in [0.4, 0.5) is 0 Å². The molecule has 0 saturated carbocycles. The van der Waals surface area contributed by atoms with Gasteiger partial charge in [-0.15, -0.1) is 0 Å². The van der Waals surface area contributed by atoms with Gasteiger partial charge in [0.15, 0.2) is 0 Å². The van der Waals surface area contributed by atoms with E-state index in [1.165, 1.54) is 0 Å². The Kier molecular flexibility index (Phi) is 4.68. The second-order valence-electron chi connectivity index (χ2n) is 5.70. The van der Waals surface area contributed by atoms with Gasteiger partial charge in [0.05, 0.1) is 17.9 Å². The molecule has 0 spiro atoms. The van der Waals surface area contributed by atoms with E-state index in [1.54, 1.807) is 0 Å². The van der Waals surface area contributed by atoms with Crippen LogP contribution in [0.25, 0.3) is 0 Å². The number of hydrogen-bond acceptors (Lipinski definition) is 3. The minimum atomic E-state index is -0.596. The van der Waals surface area contributed by atoms with Crippen molar-refractivity contribution in [2.24, 2.45) is 7.05 Å². The van der Waals surface area contributed by atoms with Gasteiger partial charge in [-0.3, -0.25) is 4.68 Å². The Morgan fingerprint density at radius 3 is 2.48 bits per heavy atom. The van der Waals surface area contributed by atoms with E-state index in [9.17, 15) is 5.11 Å². The number of ether oxygens (including phenoxy) is 1. The summed E-state index contributed by atoms with van der Waals surface area (Å²) in [5.41, 5.74) is 3.99. The van der Waals surface area contributed by atoms with Gasteiger partial charge in [-0.2, -0.15) is 5.10 Å². The maximum absolute atomic E-state index is 10.6. The van der Waals surface area contributed by atoms with Gasteiger partial charge in [0.25, 0.3) is 0 Å². The van der Waals surface area contributed by atoms with Crippen LogP contribution in [0.1, 0.15) is 42.5 Å². The van der Waals surface area contributed by atoms with Crippen molar-refractivity contribution in [1.29, 1.82) is 0 Å². The van der Waals surface area contributed by atoms with E-state index in [-0.39, 0.29) is 6.10 Å². The topological polar surface area (TPSA) is 47.3 Å². The molecule has 0 aliphatic carbocycles. The lowest BCUT2D eigenvalue weighted by Gasteiger charge is -2.18. The van der Waals surface area contributed by atoms with Crippen molar-refractivity contribution in [2.75, 3.05) is 0 Å². The third kappa shape index (κ3) is 3.45. The fourth-order valence-electron chi connectivity index (χ4n) is 2.53. The molecule has 1 atom stereocenters. The van der Waals surface area contributed by atoms with E-state index in [1.807, 2.05) is 63.7 Å². The molecule has 1 heterocycles. The number of para-hydroxylation sites is 1. The average Bonchev–Trinajstić information content (AvgIpc) is 2.65. The second kappa shape index (κ2) is 6.31. The van der Waals surface area contributed by atoms with E-state index < -0.39 is 6.10 Å². The van der Waals surface area contributed by atoms with Crippen LogP contribution in [0.15, 0.2) is 24.3 Å². The van der Waals surface area contributed by atoms with Crippen LogP contribution in [0.5, 0.6) is 5.75 Å². The van der Waals surface area contributed by atoms with Gasteiger partial charge in [0.2, 0.25) is 0 Å². The van der Waals surface area contributed by atoms with E-state index in [4.69, 9.17) is 4.74 Å². The standard InChI is InChI=1S/C17H24N2O2/c1-11(2)21-17-9-7-6-8-14(17)16(20)10-15-12(3)18-19(5)13(15)4/h6-9,11,16,20H,10H2,1-5H3. The molecule has 0 aliphatic heterocycles. The third-order valence-electron chi connectivity index (χ3n) is 3.70. The zero-order valence-corrected chi connectivity index (χ0v) is 13.4. The van der Waals surface area contributed by atoms with Crippen LogP contribution in [0, 0.1) is 13.8 Å². The van der Waals surface area contributed by atoms with Gasteiger partial charge < -0.3 is 9.84 Å². The van der Waals surface area contributed by atoms with Gasteiger partial charge in [-0.25, -0.2) is 0 Å². The molecule has 0 radical (unpaired) electrons. The number of hydrogen-bond donors (Lipinski definition) is 1. The number of nitrogens with zero attached hydrogens (tertiary/aromatic N) is 2. The molecule has 0 amide bonds. The largest absolute Gasteiger partial charge is 0.491 e. The third-order valence-corrected chi connectivity index (χ3v) is 3.70. The molecule has 0 saturated heterocycles. The summed E-state index contributed by atoms with van der Waals surface area (Å²) < 4.78 is 7.64.